The summed E-state index contributed by atoms with van der Waals surface area (Å²) in [5.74, 6) is 0.560. The number of hydrogen-bond donors (Lipinski definition) is 2. The number of hydrogen-bond acceptors (Lipinski definition) is 3. The van der Waals surface area contributed by atoms with E-state index in [1.807, 2.05) is 19.1 Å². The molecule has 0 aromatic carbocycles. The monoisotopic (exact) mass is 263 g/mol. The summed E-state index contributed by atoms with van der Waals surface area (Å²) in [4.78, 5) is 4.22. The molecule has 0 spiro atoms. The van der Waals surface area contributed by atoms with Gasteiger partial charge < -0.3 is 10.2 Å². The third-order valence-electron chi connectivity index (χ3n) is 4.75. The number of aliphatic hydroxyl groups excluding tert-OH is 1. The second-order valence-corrected chi connectivity index (χ2v) is 6.23. The number of nitrogens with zero attached hydrogens (tertiary/aromatic N) is 1. The predicted molar refractivity (Wildman–Crippen MR) is 75.5 cm³/mol. The highest BCUT2D eigenvalue weighted by atomic mass is 16.3. The average Bonchev–Trinajstić information content (AvgIpc) is 2.41. The van der Waals surface area contributed by atoms with Gasteiger partial charge in [-0.2, -0.15) is 0 Å². The Bertz CT molecular complexity index is 406. The lowest BCUT2D eigenvalue weighted by molar-refractivity contribution is -0.177. The molecule has 2 rings (SSSR count). The van der Waals surface area contributed by atoms with E-state index < -0.39 is 11.7 Å². The summed E-state index contributed by atoms with van der Waals surface area (Å²) in [6, 6.07) is 5.47. The zero-order chi connectivity index (χ0) is 14.0. The van der Waals surface area contributed by atoms with Crippen LogP contribution in [-0.2, 0) is 0 Å². The number of aliphatic hydroxyl groups is 2. The Hall–Kier alpha value is -0.930. The van der Waals surface area contributed by atoms with Crippen LogP contribution in [0.15, 0.2) is 24.4 Å². The van der Waals surface area contributed by atoms with Gasteiger partial charge in [0.25, 0.3) is 0 Å². The van der Waals surface area contributed by atoms with E-state index in [0.717, 1.165) is 19.3 Å². The van der Waals surface area contributed by atoms with Crippen LogP contribution >= 0.6 is 0 Å². The Kier molecular flexibility index (Phi) is 4.26. The first-order valence-electron chi connectivity index (χ1n) is 7.29. The van der Waals surface area contributed by atoms with Gasteiger partial charge in [0.05, 0.1) is 5.69 Å². The second-order valence-electron chi connectivity index (χ2n) is 6.23. The molecule has 19 heavy (non-hydrogen) atoms. The molecule has 1 aromatic heterocycles. The van der Waals surface area contributed by atoms with Crippen molar-refractivity contribution in [3.63, 3.8) is 0 Å². The minimum Gasteiger partial charge on any atom is -0.386 e. The molecule has 0 amide bonds. The molecule has 1 aliphatic rings. The Morgan fingerprint density at radius 3 is 2.63 bits per heavy atom. The predicted octanol–water partition coefficient (Wildman–Crippen LogP) is 2.94. The fourth-order valence-corrected chi connectivity index (χ4v) is 3.59. The van der Waals surface area contributed by atoms with Gasteiger partial charge in [-0.1, -0.05) is 33.3 Å². The summed E-state index contributed by atoms with van der Waals surface area (Å²) in [5, 5.41) is 21.9. The maximum absolute atomic E-state index is 11.2. The van der Waals surface area contributed by atoms with E-state index in [0.29, 0.717) is 11.6 Å². The Morgan fingerprint density at radius 1 is 1.32 bits per heavy atom. The quantitative estimate of drug-likeness (QED) is 0.881. The third kappa shape index (κ3) is 2.54. The first-order chi connectivity index (χ1) is 8.98. The molecule has 0 saturated heterocycles. The highest BCUT2D eigenvalue weighted by molar-refractivity contribution is 5.14. The first kappa shape index (κ1) is 14.5. The topological polar surface area (TPSA) is 53.4 Å². The molecule has 1 saturated carbocycles. The molecule has 106 valence electrons. The number of rotatable bonds is 3. The standard InChI is InChI=1S/C16H25NO2/c1-11(2)13-8-6-7-12(3)16(13,19)15(18)14-9-4-5-10-17-14/h4-5,9-13,15,18-19H,6-8H2,1-3H3. The van der Waals surface area contributed by atoms with Crippen LogP contribution in [0.1, 0.15) is 51.8 Å². The SMILES string of the molecule is CC(C)C1CCCC(C)C1(O)C(O)c1ccccn1. The molecule has 1 aromatic rings. The number of aromatic nitrogens is 1. The van der Waals surface area contributed by atoms with E-state index in [-0.39, 0.29) is 11.8 Å². The highest BCUT2D eigenvalue weighted by Crippen LogP contribution is 2.48. The zero-order valence-electron chi connectivity index (χ0n) is 12.1. The van der Waals surface area contributed by atoms with Crippen molar-refractivity contribution in [2.45, 2.75) is 51.7 Å². The molecular weight excluding hydrogens is 238 g/mol. The van der Waals surface area contributed by atoms with Gasteiger partial charge in [-0.3, -0.25) is 4.98 Å². The minimum absolute atomic E-state index is 0.0886. The van der Waals surface area contributed by atoms with Crippen LogP contribution in [0.4, 0.5) is 0 Å². The lowest BCUT2D eigenvalue weighted by atomic mass is 9.62. The van der Waals surface area contributed by atoms with Crippen molar-refractivity contribution < 1.29 is 10.2 Å². The Labute approximate surface area is 115 Å². The summed E-state index contributed by atoms with van der Waals surface area (Å²) < 4.78 is 0. The minimum atomic E-state index is -1.07. The summed E-state index contributed by atoms with van der Waals surface area (Å²) in [6.07, 6.45) is 3.82. The van der Waals surface area contributed by atoms with Gasteiger partial charge in [-0.05, 0) is 42.7 Å². The third-order valence-corrected chi connectivity index (χ3v) is 4.75. The molecule has 1 aliphatic carbocycles. The van der Waals surface area contributed by atoms with E-state index in [1.165, 1.54) is 0 Å². The van der Waals surface area contributed by atoms with Gasteiger partial charge in [-0.25, -0.2) is 0 Å². The van der Waals surface area contributed by atoms with E-state index in [2.05, 4.69) is 18.8 Å². The summed E-state index contributed by atoms with van der Waals surface area (Å²) in [7, 11) is 0. The van der Waals surface area contributed by atoms with Crippen LogP contribution in [0.3, 0.4) is 0 Å². The Balaban J connectivity index is 2.36. The van der Waals surface area contributed by atoms with E-state index in [1.54, 1.807) is 12.3 Å². The molecule has 0 bridgehead atoms. The lowest BCUT2D eigenvalue weighted by Gasteiger charge is -2.49. The van der Waals surface area contributed by atoms with Crippen molar-refractivity contribution >= 4 is 0 Å². The molecule has 4 unspecified atom stereocenters. The average molecular weight is 263 g/mol. The van der Waals surface area contributed by atoms with Crippen molar-refractivity contribution in [3.05, 3.63) is 30.1 Å². The lowest BCUT2D eigenvalue weighted by Crippen LogP contribution is -2.53. The zero-order valence-corrected chi connectivity index (χ0v) is 12.1. The van der Waals surface area contributed by atoms with Gasteiger partial charge in [0, 0.05) is 6.20 Å². The van der Waals surface area contributed by atoms with Crippen molar-refractivity contribution in [2.75, 3.05) is 0 Å². The van der Waals surface area contributed by atoms with Crippen LogP contribution in [-0.4, -0.2) is 20.8 Å². The summed E-state index contributed by atoms with van der Waals surface area (Å²) in [6.45, 7) is 6.29. The van der Waals surface area contributed by atoms with Crippen LogP contribution in [0.25, 0.3) is 0 Å². The summed E-state index contributed by atoms with van der Waals surface area (Å²) in [5.41, 5.74) is -0.495. The van der Waals surface area contributed by atoms with Crippen LogP contribution < -0.4 is 0 Å². The van der Waals surface area contributed by atoms with Crippen molar-refractivity contribution in [1.82, 2.24) is 4.98 Å². The van der Waals surface area contributed by atoms with Crippen LogP contribution in [0.5, 0.6) is 0 Å². The first-order valence-corrected chi connectivity index (χ1v) is 7.29. The second kappa shape index (κ2) is 5.59. The fourth-order valence-electron chi connectivity index (χ4n) is 3.59. The normalized spacial score (nSPS) is 33.4. The van der Waals surface area contributed by atoms with Gasteiger partial charge in [0.1, 0.15) is 11.7 Å². The molecule has 1 heterocycles. The van der Waals surface area contributed by atoms with E-state index in [4.69, 9.17) is 0 Å². The maximum atomic E-state index is 11.2. The highest BCUT2D eigenvalue weighted by Gasteiger charge is 2.51. The summed E-state index contributed by atoms with van der Waals surface area (Å²) >= 11 is 0. The largest absolute Gasteiger partial charge is 0.386 e. The molecule has 3 heteroatoms. The fraction of sp³-hybridized carbons (Fsp3) is 0.688. The number of pyridine rings is 1. The van der Waals surface area contributed by atoms with E-state index in [9.17, 15) is 10.2 Å². The molecule has 3 nitrogen and oxygen atoms in total. The smallest absolute Gasteiger partial charge is 0.125 e. The molecule has 0 aliphatic heterocycles. The van der Waals surface area contributed by atoms with E-state index >= 15 is 0 Å². The van der Waals surface area contributed by atoms with Crippen LogP contribution in [0, 0.1) is 17.8 Å². The maximum Gasteiger partial charge on any atom is 0.125 e. The van der Waals surface area contributed by atoms with Crippen molar-refractivity contribution in [2.24, 2.45) is 17.8 Å². The molecular formula is C16H25NO2. The van der Waals surface area contributed by atoms with Crippen molar-refractivity contribution in [3.8, 4) is 0 Å². The molecule has 1 fully saturated rings. The molecule has 4 atom stereocenters. The van der Waals surface area contributed by atoms with Crippen molar-refractivity contribution in [1.29, 1.82) is 0 Å². The van der Waals surface area contributed by atoms with Gasteiger partial charge >= 0.3 is 0 Å². The van der Waals surface area contributed by atoms with Crippen LogP contribution in [0.2, 0.25) is 0 Å². The Morgan fingerprint density at radius 2 is 2.05 bits per heavy atom. The molecule has 2 N–H and O–H groups in total. The van der Waals surface area contributed by atoms with Gasteiger partial charge in [0.15, 0.2) is 0 Å². The van der Waals surface area contributed by atoms with Gasteiger partial charge in [0.2, 0.25) is 0 Å². The van der Waals surface area contributed by atoms with Gasteiger partial charge in [-0.15, -0.1) is 0 Å². The molecule has 0 radical (unpaired) electrons.